The lowest BCUT2D eigenvalue weighted by atomic mass is 9.82. The maximum absolute atomic E-state index is 9.98. The number of rotatable bonds is 3. The van der Waals surface area contributed by atoms with E-state index in [2.05, 4.69) is 60.4 Å². The number of benzene rings is 3. The van der Waals surface area contributed by atoms with Gasteiger partial charge in [-0.1, -0.05) is 66.2 Å². The molecule has 3 aromatic rings. The van der Waals surface area contributed by atoms with Crippen molar-refractivity contribution in [3.05, 3.63) is 88.8 Å². The van der Waals surface area contributed by atoms with Crippen LogP contribution >= 0.6 is 0 Å². The second-order valence-corrected chi connectivity index (χ2v) is 7.19. The Morgan fingerprint density at radius 2 is 1.79 bits per heavy atom. The minimum absolute atomic E-state index is 0.215. The summed E-state index contributed by atoms with van der Waals surface area (Å²) in [6.45, 7) is 2.06. The van der Waals surface area contributed by atoms with Crippen molar-refractivity contribution in [2.75, 3.05) is 14.1 Å². The molecule has 28 heavy (non-hydrogen) atoms. The topological polar surface area (TPSA) is 48.6 Å². The van der Waals surface area contributed by atoms with Crippen molar-refractivity contribution in [1.82, 2.24) is 4.90 Å². The van der Waals surface area contributed by atoms with Crippen LogP contribution < -0.4 is 4.74 Å². The van der Waals surface area contributed by atoms with Crippen LogP contribution in [0.2, 0.25) is 0 Å². The van der Waals surface area contributed by atoms with Gasteiger partial charge in [-0.15, -0.1) is 0 Å². The smallest absolute Gasteiger partial charge is 0.235 e. The Balaban J connectivity index is 1.99. The highest BCUT2D eigenvalue weighted by molar-refractivity contribution is 5.91. The number of aliphatic imine (C=N–C) groups is 1. The third-order valence-electron chi connectivity index (χ3n) is 4.88. The molecule has 4 heteroatoms. The summed E-state index contributed by atoms with van der Waals surface area (Å²) in [4.78, 5) is 6.29. The SMILES string of the molecule is Cc1ccc(C2C(C#N)=C(/N=C/N(C)C)Oc3c2ccc2ccccc32)cc1. The average molecular weight is 367 g/mol. The molecule has 0 bridgehead atoms. The first-order valence-electron chi connectivity index (χ1n) is 9.19. The van der Waals surface area contributed by atoms with E-state index in [1.807, 2.05) is 37.2 Å². The van der Waals surface area contributed by atoms with E-state index in [9.17, 15) is 5.26 Å². The van der Waals surface area contributed by atoms with Crippen LogP contribution in [-0.4, -0.2) is 25.3 Å². The summed E-state index contributed by atoms with van der Waals surface area (Å²) in [5, 5.41) is 12.1. The number of hydrogen-bond donors (Lipinski definition) is 0. The highest BCUT2D eigenvalue weighted by Gasteiger charge is 2.32. The number of aryl methyl sites for hydroxylation is 1. The van der Waals surface area contributed by atoms with Gasteiger partial charge in [-0.2, -0.15) is 5.26 Å². The van der Waals surface area contributed by atoms with Gasteiger partial charge in [-0.3, -0.25) is 0 Å². The fraction of sp³-hybridized carbons (Fsp3) is 0.167. The van der Waals surface area contributed by atoms with E-state index in [0.717, 1.165) is 27.6 Å². The highest BCUT2D eigenvalue weighted by atomic mass is 16.5. The Kier molecular flexibility index (Phi) is 4.58. The molecule has 1 atom stereocenters. The summed E-state index contributed by atoms with van der Waals surface area (Å²) in [5.74, 6) is 0.910. The lowest BCUT2D eigenvalue weighted by molar-refractivity contribution is 0.398. The maximum atomic E-state index is 9.98. The largest absolute Gasteiger partial charge is 0.437 e. The number of nitrogens with zero attached hydrogens (tertiary/aromatic N) is 3. The summed E-state index contributed by atoms with van der Waals surface area (Å²) in [5.41, 5.74) is 3.75. The van der Waals surface area contributed by atoms with Gasteiger partial charge < -0.3 is 9.64 Å². The summed E-state index contributed by atoms with van der Waals surface area (Å²) in [6, 6.07) is 22.9. The summed E-state index contributed by atoms with van der Waals surface area (Å²) >= 11 is 0. The molecule has 3 aromatic carbocycles. The Hall–Kier alpha value is -3.58. The minimum atomic E-state index is -0.215. The van der Waals surface area contributed by atoms with Crippen molar-refractivity contribution >= 4 is 17.1 Å². The van der Waals surface area contributed by atoms with Gasteiger partial charge in [-0.25, -0.2) is 4.99 Å². The molecule has 1 aliphatic rings. The van der Waals surface area contributed by atoms with Crippen molar-refractivity contribution in [1.29, 1.82) is 5.26 Å². The molecule has 0 spiro atoms. The van der Waals surface area contributed by atoms with Crippen LogP contribution in [0.3, 0.4) is 0 Å². The summed E-state index contributed by atoms with van der Waals surface area (Å²) in [6.07, 6.45) is 1.66. The predicted octanol–water partition coefficient (Wildman–Crippen LogP) is 5.00. The molecule has 0 aromatic heterocycles. The standard InChI is InChI=1S/C24H21N3O/c1-16-8-10-18(11-9-16)22-20-13-12-17-6-4-5-7-19(17)23(20)28-24(21(22)14-25)26-15-27(2)3/h4-13,15,22H,1-3H3/b26-15+. The molecule has 0 saturated heterocycles. The van der Waals surface area contributed by atoms with Gasteiger partial charge in [-0.05, 0) is 17.9 Å². The molecule has 0 fully saturated rings. The number of nitriles is 1. The van der Waals surface area contributed by atoms with Crippen molar-refractivity contribution in [3.63, 3.8) is 0 Å². The van der Waals surface area contributed by atoms with E-state index in [-0.39, 0.29) is 5.92 Å². The van der Waals surface area contributed by atoms with E-state index in [4.69, 9.17) is 4.74 Å². The molecule has 0 saturated carbocycles. The Morgan fingerprint density at radius 1 is 1.04 bits per heavy atom. The lowest BCUT2D eigenvalue weighted by Gasteiger charge is -2.27. The quantitative estimate of drug-likeness (QED) is 0.484. The van der Waals surface area contributed by atoms with Crippen molar-refractivity contribution < 1.29 is 4.74 Å². The lowest BCUT2D eigenvalue weighted by Crippen LogP contribution is -2.17. The fourth-order valence-electron chi connectivity index (χ4n) is 3.51. The van der Waals surface area contributed by atoms with E-state index in [1.165, 1.54) is 5.56 Å². The number of ether oxygens (including phenoxy) is 1. The zero-order valence-electron chi connectivity index (χ0n) is 16.2. The van der Waals surface area contributed by atoms with Crippen LogP contribution in [0.1, 0.15) is 22.6 Å². The predicted molar refractivity (Wildman–Crippen MR) is 112 cm³/mol. The first-order chi connectivity index (χ1) is 13.6. The van der Waals surface area contributed by atoms with Crippen LogP contribution in [0.4, 0.5) is 0 Å². The van der Waals surface area contributed by atoms with Gasteiger partial charge in [0.2, 0.25) is 5.88 Å². The third-order valence-corrected chi connectivity index (χ3v) is 4.88. The minimum Gasteiger partial charge on any atom is -0.437 e. The van der Waals surface area contributed by atoms with Crippen LogP contribution in [0.5, 0.6) is 5.75 Å². The maximum Gasteiger partial charge on any atom is 0.235 e. The van der Waals surface area contributed by atoms with Gasteiger partial charge in [0.05, 0.1) is 12.3 Å². The summed E-state index contributed by atoms with van der Waals surface area (Å²) < 4.78 is 6.21. The molecule has 1 unspecified atom stereocenters. The molecule has 0 radical (unpaired) electrons. The first-order valence-corrected chi connectivity index (χ1v) is 9.19. The highest BCUT2D eigenvalue weighted by Crippen LogP contribution is 2.46. The molecule has 138 valence electrons. The molecule has 0 amide bonds. The molecular formula is C24H21N3O. The molecule has 1 aliphatic heterocycles. The Morgan fingerprint density at radius 3 is 2.50 bits per heavy atom. The average Bonchev–Trinajstić information content (AvgIpc) is 2.71. The van der Waals surface area contributed by atoms with Crippen molar-refractivity contribution in [2.45, 2.75) is 12.8 Å². The molecule has 0 N–H and O–H groups in total. The van der Waals surface area contributed by atoms with Gasteiger partial charge in [0, 0.05) is 25.0 Å². The molecule has 1 heterocycles. The Bertz CT molecular complexity index is 1130. The third kappa shape index (κ3) is 3.12. The molecule has 0 aliphatic carbocycles. The second-order valence-electron chi connectivity index (χ2n) is 7.19. The van der Waals surface area contributed by atoms with E-state index >= 15 is 0 Å². The van der Waals surface area contributed by atoms with Crippen LogP contribution in [-0.2, 0) is 0 Å². The van der Waals surface area contributed by atoms with Gasteiger partial charge >= 0.3 is 0 Å². The normalized spacial score (nSPS) is 16.0. The van der Waals surface area contributed by atoms with E-state index in [1.54, 1.807) is 6.34 Å². The summed E-state index contributed by atoms with van der Waals surface area (Å²) in [7, 11) is 3.78. The van der Waals surface area contributed by atoms with Gasteiger partial charge in [0.15, 0.2) is 0 Å². The number of fused-ring (bicyclic) bond motifs is 3. The first kappa shape index (κ1) is 17.8. The number of hydrogen-bond acceptors (Lipinski definition) is 3. The fourth-order valence-corrected chi connectivity index (χ4v) is 3.51. The van der Waals surface area contributed by atoms with Crippen LogP contribution in [0, 0.1) is 18.3 Å². The van der Waals surface area contributed by atoms with E-state index in [0.29, 0.717) is 11.5 Å². The Labute approximate surface area is 165 Å². The van der Waals surface area contributed by atoms with Gasteiger partial charge in [0.25, 0.3) is 0 Å². The molecule has 4 nitrogen and oxygen atoms in total. The van der Waals surface area contributed by atoms with Crippen LogP contribution in [0.15, 0.2) is 77.1 Å². The second kappa shape index (κ2) is 7.21. The van der Waals surface area contributed by atoms with Crippen LogP contribution in [0.25, 0.3) is 10.8 Å². The zero-order chi connectivity index (χ0) is 19.7. The monoisotopic (exact) mass is 367 g/mol. The zero-order valence-corrected chi connectivity index (χ0v) is 16.2. The molecular weight excluding hydrogens is 346 g/mol. The van der Waals surface area contributed by atoms with E-state index < -0.39 is 0 Å². The van der Waals surface area contributed by atoms with Crippen molar-refractivity contribution in [2.24, 2.45) is 4.99 Å². The molecule has 4 rings (SSSR count). The number of allylic oxidation sites excluding steroid dienone is 1. The van der Waals surface area contributed by atoms with Gasteiger partial charge in [0.1, 0.15) is 17.4 Å². The van der Waals surface area contributed by atoms with Crippen molar-refractivity contribution in [3.8, 4) is 11.8 Å².